The van der Waals surface area contributed by atoms with Crippen molar-refractivity contribution in [3.05, 3.63) is 0 Å². The van der Waals surface area contributed by atoms with E-state index in [2.05, 4.69) is 0 Å². The van der Waals surface area contributed by atoms with E-state index in [0.717, 1.165) is 0 Å². The zero-order valence-corrected chi connectivity index (χ0v) is 6.33. The Bertz CT molecular complexity index is 164. The molecule has 2 atom stereocenters. The van der Waals surface area contributed by atoms with Gasteiger partial charge in [-0.05, 0) is 6.92 Å². The number of rotatable bonds is 0. The van der Waals surface area contributed by atoms with Gasteiger partial charge in [0.1, 0.15) is 12.2 Å². The summed E-state index contributed by atoms with van der Waals surface area (Å²) in [4.78, 5) is 21.7. The highest BCUT2D eigenvalue weighted by molar-refractivity contribution is 8.11. The molecule has 3 heteroatoms. The molecule has 9 heavy (non-hydrogen) atoms. The normalized spacial score (nSPS) is 35.8. The lowest BCUT2D eigenvalue weighted by molar-refractivity contribution is -0.124. The van der Waals surface area contributed by atoms with E-state index in [9.17, 15) is 9.59 Å². The standard InChI is InChI=1S/C6H9O2S/c1-4-5(7)3-9(2)6(4)8/h4H,3H2,1-2H3/q+1. The predicted molar refractivity (Wildman–Crippen MR) is 37.3 cm³/mol. The van der Waals surface area contributed by atoms with E-state index in [1.807, 2.05) is 6.26 Å². The zero-order valence-electron chi connectivity index (χ0n) is 5.51. The van der Waals surface area contributed by atoms with Gasteiger partial charge in [0.15, 0.2) is 11.5 Å². The second kappa shape index (κ2) is 2.14. The third kappa shape index (κ3) is 1.01. The topological polar surface area (TPSA) is 34.1 Å². The number of Topliss-reactive ketones (excluding diaryl/α,β-unsaturated/α-hetero) is 1. The van der Waals surface area contributed by atoms with Crippen molar-refractivity contribution in [1.29, 1.82) is 0 Å². The van der Waals surface area contributed by atoms with Gasteiger partial charge in [0, 0.05) is 0 Å². The molecule has 1 heterocycles. The first kappa shape index (κ1) is 6.81. The van der Waals surface area contributed by atoms with E-state index < -0.39 is 0 Å². The minimum Gasteiger partial charge on any atom is -0.293 e. The Labute approximate surface area is 57.0 Å². The van der Waals surface area contributed by atoms with Crippen molar-refractivity contribution in [3.8, 4) is 0 Å². The number of hydrogen-bond acceptors (Lipinski definition) is 2. The highest BCUT2D eigenvalue weighted by Gasteiger charge is 2.44. The molecule has 0 bridgehead atoms. The summed E-state index contributed by atoms with van der Waals surface area (Å²) in [6.45, 7) is 1.70. The maximum absolute atomic E-state index is 10.9. The SMILES string of the molecule is CC1C(=O)C[S+](C)C1=O. The fraction of sp³-hybridized carbons (Fsp3) is 0.667. The molecule has 1 aliphatic heterocycles. The Morgan fingerprint density at radius 3 is 2.22 bits per heavy atom. The quantitative estimate of drug-likeness (QED) is 0.354. The molecule has 0 saturated carbocycles. The molecule has 0 radical (unpaired) electrons. The van der Waals surface area contributed by atoms with Gasteiger partial charge >= 0.3 is 5.12 Å². The minimum absolute atomic E-state index is 0.117. The summed E-state index contributed by atoms with van der Waals surface area (Å²) in [6.07, 6.45) is 1.84. The molecule has 1 saturated heterocycles. The fourth-order valence-electron chi connectivity index (χ4n) is 0.843. The van der Waals surface area contributed by atoms with Gasteiger partial charge in [0.05, 0.1) is 10.9 Å². The summed E-state index contributed by atoms with van der Waals surface area (Å²) in [7, 11) is -0.266. The monoisotopic (exact) mass is 145 g/mol. The second-order valence-electron chi connectivity index (χ2n) is 2.29. The lowest BCUT2D eigenvalue weighted by Gasteiger charge is -1.85. The molecule has 0 spiro atoms. The van der Waals surface area contributed by atoms with Crippen molar-refractivity contribution < 1.29 is 9.59 Å². The van der Waals surface area contributed by atoms with E-state index in [1.165, 1.54) is 0 Å². The molecule has 1 fully saturated rings. The van der Waals surface area contributed by atoms with Crippen LogP contribution in [0.2, 0.25) is 0 Å². The third-order valence-corrected chi connectivity index (χ3v) is 3.30. The number of hydrogen-bond donors (Lipinski definition) is 0. The summed E-state index contributed by atoms with van der Waals surface area (Å²) < 4.78 is 0. The molecule has 1 aliphatic rings. The van der Waals surface area contributed by atoms with Crippen molar-refractivity contribution in [2.45, 2.75) is 6.92 Å². The van der Waals surface area contributed by atoms with Crippen LogP contribution in [0, 0.1) is 5.92 Å². The van der Waals surface area contributed by atoms with Gasteiger partial charge in [-0.25, -0.2) is 4.79 Å². The van der Waals surface area contributed by atoms with Crippen LogP contribution in [-0.2, 0) is 20.5 Å². The van der Waals surface area contributed by atoms with Crippen molar-refractivity contribution in [1.82, 2.24) is 0 Å². The maximum Gasteiger partial charge on any atom is 0.341 e. The molecule has 50 valence electrons. The predicted octanol–water partition coefficient (Wildman–Crippen LogP) is -0.0201. The summed E-state index contributed by atoms with van der Waals surface area (Å²) in [5.41, 5.74) is 0. The van der Waals surface area contributed by atoms with Crippen LogP contribution < -0.4 is 0 Å². The van der Waals surface area contributed by atoms with Crippen LogP contribution >= 0.6 is 0 Å². The van der Waals surface area contributed by atoms with Crippen LogP contribution in [0.1, 0.15) is 6.92 Å². The molecule has 0 aromatic carbocycles. The lowest BCUT2D eigenvalue weighted by Crippen LogP contribution is -2.12. The van der Waals surface area contributed by atoms with Crippen LogP contribution in [0.4, 0.5) is 0 Å². The van der Waals surface area contributed by atoms with E-state index in [0.29, 0.717) is 5.75 Å². The van der Waals surface area contributed by atoms with Gasteiger partial charge in [0.25, 0.3) is 0 Å². The molecule has 0 amide bonds. The lowest BCUT2D eigenvalue weighted by atomic mass is 10.1. The van der Waals surface area contributed by atoms with Crippen LogP contribution in [-0.4, -0.2) is 22.9 Å². The van der Waals surface area contributed by atoms with Crippen molar-refractivity contribution in [2.75, 3.05) is 12.0 Å². The third-order valence-electron chi connectivity index (χ3n) is 1.54. The first-order valence-corrected chi connectivity index (χ1v) is 4.62. The molecule has 0 aromatic heterocycles. The largest absolute Gasteiger partial charge is 0.341 e. The summed E-state index contributed by atoms with van der Waals surface area (Å²) >= 11 is 0. The van der Waals surface area contributed by atoms with Crippen molar-refractivity contribution >= 4 is 21.8 Å². The molecule has 2 nitrogen and oxygen atoms in total. The van der Waals surface area contributed by atoms with E-state index >= 15 is 0 Å². The Balaban J connectivity index is 2.77. The molecular formula is C6H9O2S+. The molecular weight excluding hydrogens is 136 g/mol. The average Bonchev–Trinajstić information content (AvgIpc) is 1.98. The van der Waals surface area contributed by atoms with Crippen molar-refractivity contribution in [3.63, 3.8) is 0 Å². The molecule has 2 unspecified atom stereocenters. The Hall–Kier alpha value is -0.310. The Morgan fingerprint density at radius 2 is 2.11 bits per heavy atom. The van der Waals surface area contributed by atoms with Gasteiger partial charge in [-0.3, -0.25) is 4.79 Å². The summed E-state index contributed by atoms with van der Waals surface area (Å²) in [5, 5.41) is 0.139. The summed E-state index contributed by atoms with van der Waals surface area (Å²) in [6, 6.07) is 0. The number of carbonyl (C=O) groups excluding carboxylic acids is 2. The smallest absolute Gasteiger partial charge is 0.293 e. The Kier molecular flexibility index (Phi) is 1.62. The highest BCUT2D eigenvalue weighted by Crippen LogP contribution is 2.15. The molecule has 0 aliphatic carbocycles. The molecule has 1 rings (SSSR count). The maximum atomic E-state index is 10.9. The van der Waals surface area contributed by atoms with Gasteiger partial charge < -0.3 is 0 Å². The first-order valence-electron chi connectivity index (χ1n) is 2.82. The Morgan fingerprint density at radius 1 is 1.56 bits per heavy atom. The second-order valence-corrected chi connectivity index (χ2v) is 4.25. The van der Waals surface area contributed by atoms with E-state index in [1.54, 1.807) is 6.92 Å². The van der Waals surface area contributed by atoms with Gasteiger partial charge in [-0.15, -0.1) is 0 Å². The number of carbonyl (C=O) groups is 2. The minimum atomic E-state index is -0.307. The van der Waals surface area contributed by atoms with Gasteiger partial charge in [-0.2, -0.15) is 0 Å². The fourth-order valence-corrected chi connectivity index (χ4v) is 2.40. The zero-order chi connectivity index (χ0) is 7.02. The number of ketones is 1. The van der Waals surface area contributed by atoms with Gasteiger partial charge in [0.2, 0.25) is 0 Å². The van der Waals surface area contributed by atoms with Gasteiger partial charge in [-0.1, -0.05) is 0 Å². The highest BCUT2D eigenvalue weighted by atomic mass is 32.2. The molecule has 0 aromatic rings. The average molecular weight is 145 g/mol. The van der Waals surface area contributed by atoms with Crippen LogP contribution in [0.15, 0.2) is 0 Å². The first-order chi connectivity index (χ1) is 4.13. The van der Waals surface area contributed by atoms with Crippen LogP contribution in [0.25, 0.3) is 0 Å². The van der Waals surface area contributed by atoms with E-state index in [4.69, 9.17) is 0 Å². The van der Waals surface area contributed by atoms with Crippen LogP contribution in [0.5, 0.6) is 0 Å². The van der Waals surface area contributed by atoms with E-state index in [-0.39, 0.29) is 27.7 Å². The summed E-state index contributed by atoms with van der Waals surface area (Å²) in [5.74, 6) is 0.296. The van der Waals surface area contributed by atoms with Crippen molar-refractivity contribution in [2.24, 2.45) is 5.92 Å². The van der Waals surface area contributed by atoms with Crippen LogP contribution in [0.3, 0.4) is 0 Å². The molecule has 0 N–H and O–H groups in total.